The minimum absolute atomic E-state index is 0.103. The smallest absolute Gasteiger partial charge is 0.317 e. The van der Waals surface area contributed by atoms with Crippen molar-refractivity contribution in [2.24, 2.45) is 5.92 Å². The van der Waals surface area contributed by atoms with E-state index in [4.69, 9.17) is 11.6 Å². The summed E-state index contributed by atoms with van der Waals surface area (Å²) in [6, 6.07) is 5.97. The van der Waals surface area contributed by atoms with Crippen LogP contribution in [0, 0.1) is 5.92 Å². The Morgan fingerprint density at radius 2 is 1.10 bits per heavy atom. The molecule has 1 saturated heterocycles. The van der Waals surface area contributed by atoms with Crippen molar-refractivity contribution in [3.63, 3.8) is 0 Å². The third-order valence-electron chi connectivity index (χ3n) is 9.93. The van der Waals surface area contributed by atoms with Gasteiger partial charge in [0, 0.05) is 58.8 Å². The summed E-state index contributed by atoms with van der Waals surface area (Å²) in [5, 5.41) is 39.1. The molecule has 2 rings (SSSR count). The number of nitrogens with zero attached hydrogens (tertiary/aromatic N) is 4. The van der Waals surface area contributed by atoms with Crippen LogP contribution in [0.3, 0.4) is 0 Å². The van der Waals surface area contributed by atoms with E-state index in [2.05, 4.69) is 21.3 Å². The number of carboxylic acids is 3. The highest BCUT2D eigenvalue weighted by Crippen LogP contribution is 2.10. The number of hydrogen-bond acceptors (Lipinski definition) is 12. The molecule has 1 aromatic rings. The minimum Gasteiger partial charge on any atom is -0.480 e. The monoisotopic (exact) mass is 866 g/mol. The molecule has 1 aromatic carbocycles. The van der Waals surface area contributed by atoms with Gasteiger partial charge < -0.3 is 36.6 Å². The molecule has 0 aliphatic carbocycles. The fourth-order valence-corrected chi connectivity index (χ4v) is 6.77. The van der Waals surface area contributed by atoms with Crippen LogP contribution in [0.15, 0.2) is 30.3 Å². The Hall–Kier alpha value is -4.69. The second-order valence-corrected chi connectivity index (χ2v) is 15.5. The normalized spacial score (nSPS) is 16.6. The molecule has 20 heteroatoms. The van der Waals surface area contributed by atoms with E-state index in [1.165, 1.54) is 0 Å². The molecule has 1 aliphatic heterocycles. The number of hydrogen-bond donors (Lipinski definition) is 7. The summed E-state index contributed by atoms with van der Waals surface area (Å²) in [6.07, 6.45) is 2.97. The minimum atomic E-state index is -1.10. The quantitative estimate of drug-likeness (QED) is 0.0502. The first kappa shape index (κ1) is 51.5. The highest BCUT2D eigenvalue weighted by molar-refractivity contribution is 6.28. The molecule has 4 amide bonds. The first-order valence-electron chi connectivity index (χ1n) is 20.3. The number of Topliss-reactive ketones (excluding diaryl/α,β-unsaturated/α-hetero) is 1. The van der Waals surface area contributed by atoms with Crippen LogP contribution in [0.1, 0.15) is 52.0 Å². The first-order valence-corrected chi connectivity index (χ1v) is 20.9. The van der Waals surface area contributed by atoms with Crippen LogP contribution < -0.4 is 21.3 Å². The lowest BCUT2D eigenvalue weighted by atomic mass is 10.00. The van der Waals surface area contributed by atoms with Crippen LogP contribution in [-0.2, 0) is 44.8 Å². The first-order chi connectivity index (χ1) is 28.5. The van der Waals surface area contributed by atoms with Crippen LogP contribution in [0.2, 0.25) is 0 Å². The molecule has 19 nitrogen and oxygen atoms in total. The summed E-state index contributed by atoms with van der Waals surface area (Å²) in [4.78, 5) is 108. The van der Waals surface area contributed by atoms with Gasteiger partial charge in [-0.15, -0.1) is 11.6 Å². The number of aliphatic carboxylic acids is 3. The predicted octanol–water partition coefficient (Wildman–Crippen LogP) is -0.681. The number of amides is 4. The number of carbonyl (C=O) groups excluding carboxylic acids is 5. The highest BCUT2D eigenvalue weighted by atomic mass is 35.5. The van der Waals surface area contributed by atoms with Gasteiger partial charge in [0.2, 0.25) is 23.6 Å². The van der Waals surface area contributed by atoms with Gasteiger partial charge in [-0.1, -0.05) is 70.4 Å². The molecule has 0 radical (unpaired) electrons. The van der Waals surface area contributed by atoms with E-state index >= 15 is 0 Å². The van der Waals surface area contributed by atoms with Crippen LogP contribution in [0.25, 0.3) is 0 Å². The third kappa shape index (κ3) is 21.0. The number of nitrogens with one attached hydrogen (secondary N) is 4. The lowest BCUT2D eigenvalue weighted by molar-refractivity contribution is -0.140. The zero-order valence-corrected chi connectivity index (χ0v) is 35.7. The van der Waals surface area contributed by atoms with Gasteiger partial charge >= 0.3 is 17.9 Å². The summed E-state index contributed by atoms with van der Waals surface area (Å²) in [5.41, 5.74) is 0.751. The Labute approximate surface area is 356 Å². The molecule has 0 bridgehead atoms. The van der Waals surface area contributed by atoms with Gasteiger partial charge in [0.25, 0.3) is 0 Å². The van der Waals surface area contributed by atoms with E-state index in [1.54, 1.807) is 57.7 Å². The van der Waals surface area contributed by atoms with E-state index in [0.717, 1.165) is 18.4 Å². The number of carbonyl (C=O) groups is 8. The van der Waals surface area contributed by atoms with Crippen LogP contribution >= 0.6 is 11.6 Å². The zero-order valence-electron chi connectivity index (χ0n) is 34.9. The number of unbranched alkanes of at least 4 members (excludes halogenated alkanes) is 2. The Morgan fingerprint density at radius 1 is 0.633 bits per heavy atom. The third-order valence-corrected chi connectivity index (χ3v) is 10.2. The van der Waals surface area contributed by atoms with E-state index < -0.39 is 72.1 Å². The summed E-state index contributed by atoms with van der Waals surface area (Å²) in [6.45, 7) is 5.50. The average molecular weight is 867 g/mol. The van der Waals surface area contributed by atoms with Gasteiger partial charge in [0.05, 0.1) is 44.6 Å². The average Bonchev–Trinajstić information content (AvgIpc) is 3.18. The van der Waals surface area contributed by atoms with Crippen molar-refractivity contribution in [2.45, 2.75) is 71.0 Å². The molecule has 0 unspecified atom stereocenters. The van der Waals surface area contributed by atoms with E-state index in [9.17, 15) is 53.7 Å². The van der Waals surface area contributed by atoms with Gasteiger partial charge in [0.1, 0.15) is 12.1 Å². The summed E-state index contributed by atoms with van der Waals surface area (Å²) in [7, 11) is 0. The molecule has 0 aromatic heterocycles. The fraction of sp³-hybridized carbons (Fsp3) is 0.650. The molecule has 3 atom stereocenters. The molecule has 336 valence electrons. The Kier molecular flexibility index (Phi) is 24.0. The second-order valence-electron chi connectivity index (χ2n) is 15.3. The van der Waals surface area contributed by atoms with Crippen molar-refractivity contribution >= 4 is 58.9 Å². The number of alkyl halides is 1. The summed E-state index contributed by atoms with van der Waals surface area (Å²) < 4.78 is 0. The fourth-order valence-electron chi connectivity index (χ4n) is 6.58. The van der Waals surface area contributed by atoms with Crippen molar-refractivity contribution in [3.8, 4) is 0 Å². The SMILES string of the molecule is CCCCC[C@H](NC(=O)[C@H](Cc1ccccc1)NC(=O)[C@H](NC(=O)CNC(=O)CN1CCN(CC(=O)O)CCN(CC(=O)O)CCN(CC(=O)O)CC1)C(C)C)C(=O)CCl. The van der Waals surface area contributed by atoms with E-state index in [-0.39, 0.29) is 96.6 Å². The molecular formula is C40H63ClN8O11. The van der Waals surface area contributed by atoms with Crippen LogP contribution in [0.5, 0.6) is 0 Å². The number of rotatable bonds is 24. The van der Waals surface area contributed by atoms with Crippen molar-refractivity contribution in [2.75, 3.05) is 91.0 Å². The highest BCUT2D eigenvalue weighted by Gasteiger charge is 2.31. The van der Waals surface area contributed by atoms with Crippen molar-refractivity contribution < 1.29 is 53.7 Å². The molecule has 1 heterocycles. The van der Waals surface area contributed by atoms with Crippen molar-refractivity contribution in [1.82, 2.24) is 40.9 Å². The van der Waals surface area contributed by atoms with Gasteiger partial charge in [-0.25, -0.2) is 0 Å². The maximum absolute atomic E-state index is 13.7. The number of halogens is 1. The van der Waals surface area contributed by atoms with Gasteiger partial charge in [-0.3, -0.25) is 58.0 Å². The molecule has 60 heavy (non-hydrogen) atoms. The number of ketones is 1. The van der Waals surface area contributed by atoms with E-state index in [1.807, 2.05) is 13.0 Å². The lowest BCUT2D eigenvalue weighted by Gasteiger charge is -2.32. The Bertz CT molecular complexity index is 1540. The molecule has 0 spiro atoms. The standard InChI is InChI=1S/C40H63ClN8O11/c1-4-5-7-12-30(32(50)22-41)43-39(59)31(21-29-10-8-6-9-11-29)44-40(60)38(28(2)3)45-33(51)23-42-34(52)24-46-13-15-47(25-35(53)54)17-19-49(27-37(57)58)20-18-48(16-14-46)26-36(55)56/h6,8-11,28,30-31,38H,4-5,7,12-27H2,1-3H3,(H,42,52)(H,43,59)(H,44,60)(H,45,51)(H,53,54)(H,55,56)(H,57,58)/t30-,31-,38+/m0/s1. The topological polar surface area (TPSA) is 258 Å². The van der Waals surface area contributed by atoms with Gasteiger partial charge in [-0.2, -0.15) is 0 Å². The second kappa shape index (κ2) is 28.0. The zero-order chi connectivity index (χ0) is 44.6. The van der Waals surface area contributed by atoms with E-state index in [0.29, 0.717) is 12.8 Å². The summed E-state index contributed by atoms with van der Waals surface area (Å²) >= 11 is 5.85. The predicted molar refractivity (Wildman–Crippen MR) is 222 cm³/mol. The largest absolute Gasteiger partial charge is 0.480 e. The molecule has 1 fully saturated rings. The molecule has 7 N–H and O–H groups in total. The van der Waals surface area contributed by atoms with Crippen LogP contribution in [0.4, 0.5) is 0 Å². The van der Waals surface area contributed by atoms with Crippen LogP contribution in [-0.4, -0.2) is 191 Å². The molecular weight excluding hydrogens is 804 g/mol. The maximum atomic E-state index is 13.7. The van der Waals surface area contributed by atoms with Crippen molar-refractivity contribution in [3.05, 3.63) is 35.9 Å². The Morgan fingerprint density at radius 3 is 1.53 bits per heavy atom. The van der Waals surface area contributed by atoms with Crippen molar-refractivity contribution in [1.29, 1.82) is 0 Å². The summed E-state index contributed by atoms with van der Waals surface area (Å²) in [5.74, 6) is -6.73. The maximum Gasteiger partial charge on any atom is 0.317 e. The van der Waals surface area contributed by atoms with Gasteiger partial charge in [0.15, 0.2) is 5.78 Å². The Balaban J connectivity index is 2.13. The van der Waals surface area contributed by atoms with Gasteiger partial charge in [-0.05, 0) is 17.9 Å². The number of benzene rings is 1. The lowest BCUT2D eigenvalue weighted by Crippen LogP contribution is -2.58. The number of carboxylic acid groups (broad SMARTS) is 3. The molecule has 1 aliphatic rings. The molecule has 0 saturated carbocycles.